The van der Waals surface area contributed by atoms with Gasteiger partial charge in [0.25, 0.3) is 0 Å². The Morgan fingerprint density at radius 2 is 1.26 bits per heavy atom. The first-order chi connectivity index (χ1) is 29.8. The van der Waals surface area contributed by atoms with Crippen LogP contribution in [0.5, 0.6) is 5.75 Å². The van der Waals surface area contributed by atoms with Gasteiger partial charge >= 0.3 is 0 Å². The molecule has 11 aromatic rings. The van der Waals surface area contributed by atoms with Crippen LogP contribution in [0, 0.1) is 6.07 Å². The van der Waals surface area contributed by atoms with Crippen LogP contribution in [0.4, 0.5) is 0 Å². The van der Waals surface area contributed by atoms with E-state index in [2.05, 4.69) is 159 Å². The van der Waals surface area contributed by atoms with E-state index in [-0.39, 0.29) is 32.2 Å². The molecule has 8 aromatic carbocycles. The molecule has 5 nitrogen and oxygen atoms in total. The van der Waals surface area contributed by atoms with E-state index in [1.807, 2.05) is 48.5 Å². The summed E-state index contributed by atoms with van der Waals surface area (Å²) in [6, 6.07) is 66.2. The molecule has 6 heteroatoms. The number of para-hydroxylation sites is 1. The molecule has 0 atom stereocenters. The smallest absolute Gasteiger partial charge is 0.220 e. The van der Waals surface area contributed by atoms with Crippen LogP contribution in [0.1, 0.15) is 26.3 Å². The zero-order valence-electron chi connectivity index (χ0n) is 34.3. The fourth-order valence-corrected chi connectivity index (χ4v) is 8.62. The van der Waals surface area contributed by atoms with Crippen LogP contribution in [0.15, 0.2) is 186 Å². The summed E-state index contributed by atoms with van der Waals surface area (Å²) in [5.74, 6) is 0.797. The number of furan rings is 1. The number of aromatic nitrogens is 3. The topological polar surface area (TPSA) is 64.1 Å². The molecule has 0 aliphatic rings. The molecule has 0 unspecified atom stereocenters. The van der Waals surface area contributed by atoms with Gasteiger partial charge in [0.15, 0.2) is 0 Å². The van der Waals surface area contributed by atoms with Gasteiger partial charge in [-0.15, -0.1) is 29.8 Å². The van der Waals surface area contributed by atoms with E-state index >= 15 is 0 Å². The normalized spacial score (nSPS) is 11.7. The van der Waals surface area contributed by atoms with Gasteiger partial charge in [-0.1, -0.05) is 159 Å². The fraction of sp³-hybridized carbons (Fsp3) is 0.0714. The third-order valence-electron chi connectivity index (χ3n) is 11.8. The van der Waals surface area contributed by atoms with E-state index in [4.69, 9.17) is 14.4 Å². The maximum Gasteiger partial charge on any atom is 0.220 e. The molecule has 0 fully saturated rings. The number of benzene rings is 8. The van der Waals surface area contributed by atoms with E-state index in [1.165, 1.54) is 5.56 Å². The van der Waals surface area contributed by atoms with Gasteiger partial charge in [-0.3, -0.25) is 9.55 Å². The van der Waals surface area contributed by atoms with Crippen molar-refractivity contribution in [1.29, 1.82) is 0 Å². The molecule has 0 radical (unpaired) electrons. The van der Waals surface area contributed by atoms with E-state index in [0.717, 1.165) is 88.5 Å². The molecule has 11 rings (SSSR count). The second-order valence-electron chi connectivity index (χ2n) is 16.7. The number of nitrogens with zero attached hydrogens (tertiary/aromatic N) is 3. The van der Waals surface area contributed by atoms with Crippen molar-refractivity contribution in [3.8, 4) is 67.5 Å². The summed E-state index contributed by atoms with van der Waals surface area (Å²) < 4.78 is 8.71. The molecular formula is C56H40N3O2Pt-. The molecule has 0 amide bonds. The van der Waals surface area contributed by atoms with Crippen molar-refractivity contribution in [3.05, 3.63) is 194 Å². The van der Waals surface area contributed by atoms with Crippen LogP contribution < -0.4 is 0 Å². The van der Waals surface area contributed by atoms with Gasteiger partial charge in [0.1, 0.15) is 17.2 Å². The van der Waals surface area contributed by atoms with Gasteiger partial charge in [-0.25, -0.2) is 4.98 Å². The fourth-order valence-electron chi connectivity index (χ4n) is 8.62. The number of fused-ring (bicyclic) bond motifs is 6. The molecule has 0 aliphatic carbocycles. The number of rotatable bonds is 6. The number of hydrogen-bond donors (Lipinski definition) is 1. The number of pyridine rings is 1. The van der Waals surface area contributed by atoms with Gasteiger partial charge in [0.05, 0.1) is 22.3 Å². The van der Waals surface area contributed by atoms with Crippen molar-refractivity contribution in [3.63, 3.8) is 0 Å². The molecule has 3 aromatic heterocycles. The van der Waals surface area contributed by atoms with Crippen LogP contribution in [0.2, 0.25) is 0 Å². The molecule has 0 aliphatic heterocycles. The predicted molar refractivity (Wildman–Crippen MR) is 250 cm³/mol. The van der Waals surface area contributed by atoms with Crippen molar-refractivity contribution in [2.24, 2.45) is 0 Å². The summed E-state index contributed by atoms with van der Waals surface area (Å²) in [5, 5.41) is 15.7. The number of imidazole rings is 1. The molecule has 62 heavy (non-hydrogen) atoms. The summed E-state index contributed by atoms with van der Waals surface area (Å²) in [4.78, 5) is 10.6. The Labute approximate surface area is 374 Å². The molecular weight excluding hydrogens is 942 g/mol. The second-order valence-corrected chi connectivity index (χ2v) is 16.7. The maximum absolute atomic E-state index is 11.5. The second kappa shape index (κ2) is 15.4. The van der Waals surface area contributed by atoms with E-state index < -0.39 is 0 Å². The zero-order valence-corrected chi connectivity index (χ0v) is 36.6. The molecule has 302 valence electrons. The summed E-state index contributed by atoms with van der Waals surface area (Å²) in [7, 11) is 0. The number of aromatic hydroxyl groups is 1. The molecule has 0 saturated carbocycles. The minimum atomic E-state index is -0.0771. The Bertz CT molecular complexity index is 3470. The monoisotopic (exact) mass is 981 g/mol. The number of phenolic OH excluding ortho intramolecular Hbond substituents is 1. The van der Waals surface area contributed by atoms with Gasteiger partial charge in [-0.05, 0) is 69.5 Å². The first-order valence-electron chi connectivity index (χ1n) is 20.6. The minimum Gasteiger partial charge on any atom is -0.507 e. The predicted octanol–water partition coefficient (Wildman–Crippen LogP) is 14.6. The molecule has 0 bridgehead atoms. The molecule has 0 spiro atoms. The van der Waals surface area contributed by atoms with E-state index in [9.17, 15) is 5.11 Å². The van der Waals surface area contributed by atoms with Crippen LogP contribution in [0.3, 0.4) is 0 Å². The van der Waals surface area contributed by atoms with Crippen molar-refractivity contribution >= 4 is 43.9 Å². The van der Waals surface area contributed by atoms with Crippen LogP contribution in [-0.2, 0) is 26.5 Å². The zero-order chi connectivity index (χ0) is 41.2. The Kier molecular flexibility index (Phi) is 9.73. The largest absolute Gasteiger partial charge is 0.507 e. The number of hydrogen-bond acceptors (Lipinski definition) is 4. The van der Waals surface area contributed by atoms with Gasteiger partial charge in [0, 0.05) is 48.5 Å². The third kappa shape index (κ3) is 6.70. The molecule has 3 heterocycles. The van der Waals surface area contributed by atoms with E-state index in [1.54, 1.807) is 6.07 Å². The third-order valence-corrected chi connectivity index (χ3v) is 11.8. The maximum atomic E-state index is 11.5. The molecule has 1 N–H and O–H groups in total. The first-order valence-corrected chi connectivity index (χ1v) is 20.6. The van der Waals surface area contributed by atoms with Gasteiger partial charge < -0.3 is 9.52 Å². The van der Waals surface area contributed by atoms with E-state index in [0.29, 0.717) is 17.1 Å². The summed E-state index contributed by atoms with van der Waals surface area (Å²) in [6.45, 7) is 6.73. The number of phenols is 1. The Balaban J connectivity index is 0.00000458. The summed E-state index contributed by atoms with van der Waals surface area (Å²) in [5.41, 5.74) is 13.6. The summed E-state index contributed by atoms with van der Waals surface area (Å²) in [6.07, 6.45) is 0. The van der Waals surface area contributed by atoms with Crippen molar-refractivity contribution < 1.29 is 30.6 Å². The minimum absolute atomic E-state index is 0. The first kappa shape index (κ1) is 39.1. The molecule has 0 saturated heterocycles. The average molecular weight is 982 g/mol. The Hall–Kier alpha value is -7.07. The van der Waals surface area contributed by atoms with Crippen LogP contribution in [0.25, 0.3) is 106 Å². The van der Waals surface area contributed by atoms with Gasteiger partial charge in [-0.2, -0.15) is 0 Å². The van der Waals surface area contributed by atoms with Crippen molar-refractivity contribution in [2.45, 2.75) is 26.2 Å². The van der Waals surface area contributed by atoms with Crippen LogP contribution >= 0.6 is 0 Å². The SMILES string of the molecule is CC(C)(C)c1ccc(-n2c(-c3ccccc3O)nc3c(-c4[c-]c(-c5ccc6c(n5)oc5c7ccccc7ccc65)ccc4)cc(-c4ccccc4)cc32)c(-c2ccccc2)c1.[Pt]. The van der Waals surface area contributed by atoms with Crippen LogP contribution in [-0.4, -0.2) is 19.6 Å². The standard InChI is InChI=1S/C56H40N3O2.Pt/c1-56(2,3)41-26-30-49(46(34-41)36-17-8-5-9-18-36)59-50-33-40(35-15-6-4-7-16-35)32-47(52(50)58-54(59)45-23-12-13-24-51(45)60)38-20-14-21-39(31-38)48-29-28-44-43-27-25-37-19-10-11-22-42(37)53(43)61-55(44)57-48;/h4-30,32-34,60H,1-3H3;/q-1;. The van der Waals surface area contributed by atoms with Gasteiger partial charge in [0.2, 0.25) is 5.71 Å². The quantitative estimate of drug-likeness (QED) is 0.169. The Morgan fingerprint density at radius 3 is 2.05 bits per heavy atom. The van der Waals surface area contributed by atoms with Crippen molar-refractivity contribution in [2.75, 3.05) is 0 Å². The van der Waals surface area contributed by atoms with Crippen molar-refractivity contribution in [1.82, 2.24) is 14.5 Å². The summed E-state index contributed by atoms with van der Waals surface area (Å²) >= 11 is 0. The Morgan fingerprint density at radius 1 is 0.548 bits per heavy atom. The average Bonchev–Trinajstić information content (AvgIpc) is 3.87.